The molecule has 0 N–H and O–H groups in total. The lowest BCUT2D eigenvalue weighted by molar-refractivity contribution is 0.169. The maximum absolute atomic E-state index is 5.14. The fourth-order valence-electron chi connectivity index (χ4n) is 1.92. The quantitative estimate of drug-likeness (QED) is 0.575. The van der Waals surface area contributed by atoms with Crippen LogP contribution in [0.3, 0.4) is 0 Å². The smallest absolute Gasteiger partial charge is 0.0501 e. The third-order valence-electron chi connectivity index (χ3n) is 3.65. The molecular formula is C9H18O. The Balaban J connectivity index is 2.54. The molecule has 0 amide bonds. The molecule has 0 unspecified atom stereocenters. The van der Waals surface area contributed by atoms with Gasteiger partial charge in [-0.05, 0) is 16.7 Å². The summed E-state index contributed by atoms with van der Waals surface area (Å²) in [6.45, 7) is 10.2. The van der Waals surface area contributed by atoms with Crippen LogP contribution in [-0.2, 0) is 4.74 Å². The van der Waals surface area contributed by atoms with E-state index in [1.165, 1.54) is 0 Å². The van der Waals surface area contributed by atoms with E-state index in [1.54, 1.807) is 7.11 Å². The van der Waals surface area contributed by atoms with Gasteiger partial charge in [0.05, 0.1) is 6.61 Å². The summed E-state index contributed by atoms with van der Waals surface area (Å²) in [4.78, 5) is 0. The average Bonchev–Trinajstić information content (AvgIpc) is 2.13. The number of ether oxygens (including phenoxy) is 1. The van der Waals surface area contributed by atoms with E-state index in [0.29, 0.717) is 10.8 Å². The van der Waals surface area contributed by atoms with Gasteiger partial charge in [0.15, 0.2) is 0 Å². The summed E-state index contributed by atoms with van der Waals surface area (Å²) >= 11 is 0. The predicted molar refractivity (Wildman–Crippen MR) is 42.9 cm³/mol. The first-order valence-corrected chi connectivity index (χ1v) is 3.93. The topological polar surface area (TPSA) is 9.23 Å². The summed E-state index contributed by atoms with van der Waals surface area (Å²) in [5, 5.41) is 0. The predicted octanol–water partition coefficient (Wildman–Crippen LogP) is 2.32. The van der Waals surface area contributed by atoms with Crippen LogP contribution in [0.4, 0.5) is 0 Å². The molecule has 0 aromatic rings. The molecule has 10 heavy (non-hydrogen) atoms. The zero-order chi connectivity index (χ0) is 7.99. The molecule has 0 bridgehead atoms. The molecular weight excluding hydrogens is 124 g/mol. The fraction of sp³-hybridized carbons (Fsp3) is 1.00. The molecule has 0 saturated heterocycles. The Bertz CT molecular complexity index is 122. The minimum atomic E-state index is 0.489. The van der Waals surface area contributed by atoms with Crippen molar-refractivity contribution in [1.82, 2.24) is 0 Å². The lowest BCUT2D eigenvalue weighted by atomic mass is 10.0. The van der Waals surface area contributed by atoms with Crippen LogP contribution in [0.25, 0.3) is 0 Å². The monoisotopic (exact) mass is 142 g/mol. The van der Waals surface area contributed by atoms with E-state index in [9.17, 15) is 0 Å². The van der Waals surface area contributed by atoms with Gasteiger partial charge in [0.25, 0.3) is 0 Å². The molecule has 1 fully saturated rings. The van der Waals surface area contributed by atoms with E-state index in [4.69, 9.17) is 4.74 Å². The standard InChI is InChI=1S/C9H18O/c1-8(2)7(6-10-5)9(8,3)4/h7H,6H2,1-5H3. The maximum atomic E-state index is 5.14. The average molecular weight is 142 g/mol. The normalized spacial score (nSPS) is 28.5. The molecule has 1 aliphatic rings. The van der Waals surface area contributed by atoms with Gasteiger partial charge >= 0.3 is 0 Å². The molecule has 0 atom stereocenters. The van der Waals surface area contributed by atoms with Gasteiger partial charge in [-0.15, -0.1) is 0 Å². The largest absolute Gasteiger partial charge is 0.384 e. The van der Waals surface area contributed by atoms with E-state index in [2.05, 4.69) is 27.7 Å². The molecule has 1 aliphatic carbocycles. The van der Waals surface area contributed by atoms with Crippen molar-refractivity contribution in [3.63, 3.8) is 0 Å². The number of hydrogen-bond acceptors (Lipinski definition) is 1. The van der Waals surface area contributed by atoms with E-state index in [1.807, 2.05) is 0 Å². The second-order valence-corrected chi connectivity index (χ2v) is 4.45. The molecule has 0 radical (unpaired) electrons. The van der Waals surface area contributed by atoms with E-state index >= 15 is 0 Å². The Morgan fingerprint density at radius 3 is 1.60 bits per heavy atom. The van der Waals surface area contributed by atoms with Gasteiger partial charge in [-0.2, -0.15) is 0 Å². The van der Waals surface area contributed by atoms with Crippen LogP contribution in [0, 0.1) is 16.7 Å². The third kappa shape index (κ3) is 0.800. The molecule has 0 aromatic heterocycles. The van der Waals surface area contributed by atoms with Crippen LogP contribution < -0.4 is 0 Å². The van der Waals surface area contributed by atoms with Crippen molar-refractivity contribution >= 4 is 0 Å². The Morgan fingerprint density at radius 1 is 1.10 bits per heavy atom. The molecule has 1 rings (SSSR count). The van der Waals surface area contributed by atoms with E-state index < -0.39 is 0 Å². The number of rotatable bonds is 2. The lowest BCUT2D eigenvalue weighted by Crippen LogP contribution is -1.97. The summed E-state index contributed by atoms with van der Waals surface area (Å²) < 4.78 is 5.14. The van der Waals surface area contributed by atoms with Crippen molar-refractivity contribution in [3.8, 4) is 0 Å². The molecule has 0 aliphatic heterocycles. The summed E-state index contributed by atoms with van der Waals surface area (Å²) in [7, 11) is 1.78. The highest BCUT2D eigenvalue weighted by Crippen LogP contribution is 2.68. The van der Waals surface area contributed by atoms with Gasteiger partial charge in [0.2, 0.25) is 0 Å². The molecule has 60 valence electrons. The molecule has 0 aromatic carbocycles. The fourth-order valence-corrected chi connectivity index (χ4v) is 1.92. The minimum Gasteiger partial charge on any atom is -0.384 e. The van der Waals surface area contributed by atoms with Crippen molar-refractivity contribution in [2.45, 2.75) is 27.7 Å². The van der Waals surface area contributed by atoms with Crippen molar-refractivity contribution in [2.24, 2.45) is 16.7 Å². The van der Waals surface area contributed by atoms with Crippen LogP contribution >= 0.6 is 0 Å². The van der Waals surface area contributed by atoms with E-state index in [-0.39, 0.29) is 0 Å². The van der Waals surface area contributed by atoms with Crippen molar-refractivity contribution in [2.75, 3.05) is 13.7 Å². The van der Waals surface area contributed by atoms with Gasteiger partial charge in [-0.1, -0.05) is 27.7 Å². The maximum Gasteiger partial charge on any atom is 0.0501 e. The van der Waals surface area contributed by atoms with Crippen LogP contribution in [0.2, 0.25) is 0 Å². The van der Waals surface area contributed by atoms with Crippen LogP contribution in [0.15, 0.2) is 0 Å². The van der Waals surface area contributed by atoms with Gasteiger partial charge in [0, 0.05) is 7.11 Å². The van der Waals surface area contributed by atoms with Crippen LogP contribution in [0.5, 0.6) is 0 Å². The number of methoxy groups -OCH3 is 1. The first-order valence-electron chi connectivity index (χ1n) is 3.93. The van der Waals surface area contributed by atoms with Gasteiger partial charge in [0.1, 0.15) is 0 Å². The third-order valence-corrected chi connectivity index (χ3v) is 3.65. The summed E-state index contributed by atoms with van der Waals surface area (Å²) in [6, 6.07) is 0. The Kier molecular flexibility index (Phi) is 1.59. The highest BCUT2D eigenvalue weighted by molar-refractivity contribution is 5.11. The first kappa shape index (κ1) is 8.06. The van der Waals surface area contributed by atoms with Crippen LogP contribution in [-0.4, -0.2) is 13.7 Å². The Labute approximate surface area is 63.8 Å². The summed E-state index contributed by atoms with van der Waals surface area (Å²) in [5.74, 6) is 0.755. The second kappa shape index (κ2) is 1.97. The van der Waals surface area contributed by atoms with E-state index in [0.717, 1.165) is 12.5 Å². The van der Waals surface area contributed by atoms with Crippen LogP contribution in [0.1, 0.15) is 27.7 Å². The summed E-state index contributed by atoms with van der Waals surface area (Å²) in [6.07, 6.45) is 0. The van der Waals surface area contributed by atoms with Gasteiger partial charge in [-0.25, -0.2) is 0 Å². The summed E-state index contributed by atoms with van der Waals surface area (Å²) in [5.41, 5.74) is 0.978. The molecule has 1 saturated carbocycles. The second-order valence-electron chi connectivity index (χ2n) is 4.45. The van der Waals surface area contributed by atoms with Crippen molar-refractivity contribution < 1.29 is 4.74 Å². The van der Waals surface area contributed by atoms with Gasteiger partial charge in [-0.3, -0.25) is 0 Å². The van der Waals surface area contributed by atoms with Crippen molar-refractivity contribution in [1.29, 1.82) is 0 Å². The first-order chi connectivity index (χ1) is 4.44. The van der Waals surface area contributed by atoms with Gasteiger partial charge < -0.3 is 4.74 Å². The molecule has 1 heteroatoms. The molecule has 0 spiro atoms. The number of hydrogen-bond donors (Lipinski definition) is 0. The zero-order valence-electron chi connectivity index (χ0n) is 7.69. The highest BCUT2D eigenvalue weighted by atomic mass is 16.5. The zero-order valence-corrected chi connectivity index (χ0v) is 7.69. The lowest BCUT2D eigenvalue weighted by Gasteiger charge is -2.04. The minimum absolute atomic E-state index is 0.489. The molecule has 1 nitrogen and oxygen atoms in total. The SMILES string of the molecule is COCC1C(C)(C)C1(C)C. The van der Waals surface area contributed by atoms with Crippen molar-refractivity contribution in [3.05, 3.63) is 0 Å². The molecule has 0 heterocycles. The highest BCUT2D eigenvalue weighted by Gasteiger charge is 2.64. The Morgan fingerprint density at radius 2 is 1.50 bits per heavy atom. The Hall–Kier alpha value is -0.0400.